The van der Waals surface area contributed by atoms with Crippen molar-refractivity contribution in [3.63, 3.8) is 0 Å². The minimum Gasteiger partial charge on any atom is -0.480 e. The summed E-state index contributed by atoms with van der Waals surface area (Å²) in [7, 11) is 0. The summed E-state index contributed by atoms with van der Waals surface area (Å²) in [6.45, 7) is 2.68. The van der Waals surface area contributed by atoms with Crippen molar-refractivity contribution in [2.45, 2.75) is 19.9 Å². The molecule has 0 spiro atoms. The van der Waals surface area contributed by atoms with Crippen molar-refractivity contribution in [1.82, 2.24) is 0 Å². The van der Waals surface area contributed by atoms with Crippen LogP contribution in [0.2, 0.25) is 5.02 Å². The SMILES string of the molecule is CCc1ccc(CN(CC(=O)O)c2ccc(Cl)cc2)s1. The van der Waals surface area contributed by atoms with Crippen molar-refractivity contribution in [2.24, 2.45) is 0 Å². The van der Waals surface area contributed by atoms with Crippen molar-refractivity contribution in [3.8, 4) is 0 Å². The van der Waals surface area contributed by atoms with E-state index >= 15 is 0 Å². The number of rotatable bonds is 6. The van der Waals surface area contributed by atoms with E-state index in [1.165, 1.54) is 4.88 Å². The molecule has 1 aromatic heterocycles. The third kappa shape index (κ3) is 3.99. The third-order valence-electron chi connectivity index (χ3n) is 2.93. The minimum absolute atomic E-state index is 0.0268. The second kappa shape index (κ2) is 6.77. The van der Waals surface area contributed by atoms with Crippen molar-refractivity contribution in [3.05, 3.63) is 51.2 Å². The van der Waals surface area contributed by atoms with Gasteiger partial charge in [0.25, 0.3) is 0 Å². The van der Waals surface area contributed by atoms with Gasteiger partial charge in [0.2, 0.25) is 0 Å². The Morgan fingerprint density at radius 1 is 1.20 bits per heavy atom. The quantitative estimate of drug-likeness (QED) is 0.875. The molecule has 106 valence electrons. The van der Waals surface area contributed by atoms with Gasteiger partial charge in [0.1, 0.15) is 6.54 Å². The first kappa shape index (κ1) is 14.9. The van der Waals surface area contributed by atoms with Crippen molar-refractivity contribution in [2.75, 3.05) is 11.4 Å². The number of aliphatic carboxylic acids is 1. The van der Waals surface area contributed by atoms with E-state index in [0.717, 1.165) is 17.0 Å². The summed E-state index contributed by atoms with van der Waals surface area (Å²) in [5.74, 6) is -0.841. The van der Waals surface area contributed by atoms with Crippen LogP contribution in [0.4, 0.5) is 5.69 Å². The van der Waals surface area contributed by atoms with E-state index in [0.29, 0.717) is 11.6 Å². The molecule has 0 radical (unpaired) electrons. The van der Waals surface area contributed by atoms with Crippen LogP contribution in [-0.2, 0) is 17.8 Å². The van der Waals surface area contributed by atoms with Gasteiger partial charge in [0.05, 0.1) is 6.54 Å². The standard InChI is InChI=1S/C15H16ClNO2S/c1-2-13-7-8-14(20-13)9-17(10-15(18)19)12-5-3-11(16)4-6-12/h3-8H,2,9-10H2,1H3,(H,18,19). The average Bonchev–Trinajstić information content (AvgIpc) is 2.86. The van der Waals surface area contributed by atoms with Gasteiger partial charge >= 0.3 is 5.97 Å². The van der Waals surface area contributed by atoms with Gasteiger partial charge in [-0.15, -0.1) is 11.3 Å². The molecule has 1 aromatic carbocycles. The zero-order chi connectivity index (χ0) is 14.5. The summed E-state index contributed by atoms with van der Waals surface area (Å²) in [5, 5.41) is 9.71. The van der Waals surface area contributed by atoms with Crippen LogP contribution in [0.25, 0.3) is 0 Å². The maximum Gasteiger partial charge on any atom is 0.323 e. The molecule has 0 aliphatic rings. The highest BCUT2D eigenvalue weighted by molar-refractivity contribution is 7.12. The summed E-state index contributed by atoms with van der Waals surface area (Å²) >= 11 is 7.60. The number of hydrogen-bond acceptors (Lipinski definition) is 3. The second-order valence-corrected chi connectivity index (χ2v) is 6.14. The van der Waals surface area contributed by atoms with E-state index in [-0.39, 0.29) is 6.54 Å². The predicted molar refractivity (Wildman–Crippen MR) is 83.8 cm³/mol. The summed E-state index contributed by atoms with van der Waals surface area (Å²) < 4.78 is 0. The Morgan fingerprint density at radius 2 is 1.85 bits per heavy atom. The van der Waals surface area contributed by atoms with Gasteiger partial charge in [-0.1, -0.05) is 18.5 Å². The molecule has 0 aliphatic heterocycles. The molecular weight excluding hydrogens is 294 g/mol. The number of anilines is 1. The highest BCUT2D eigenvalue weighted by Gasteiger charge is 2.12. The number of halogens is 1. The van der Waals surface area contributed by atoms with Gasteiger partial charge < -0.3 is 10.0 Å². The first-order valence-corrected chi connectivity index (χ1v) is 7.58. The molecule has 2 rings (SSSR count). The molecule has 0 saturated carbocycles. The van der Waals surface area contributed by atoms with Crippen LogP contribution in [0.1, 0.15) is 16.7 Å². The Kier molecular flexibility index (Phi) is 5.04. The summed E-state index contributed by atoms with van der Waals surface area (Å²) in [5.41, 5.74) is 0.864. The van der Waals surface area contributed by atoms with Crippen molar-refractivity contribution < 1.29 is 9.90 Å². The number of hydrogen-bond donors (Lipinski definition) is 1. The van der Waals surface area contributed by atoms with Gasteiger partial charge in [-0.2, -0.15) is 0 Å². The first-order valence-electron chi connectivity index (χ1n) is 6.38. The number of carboxylic acids is 1. The summed E-state index contributed by atoms with van der Waals surface area (Å²) in [6, 6.07) is 11.4. The molecule has 0 unspecified atom stereocenters. The molecule has 1 N–H and O–H groups in total. The number of thiophene rings is 1. The Hall–Kier alpha value is -1.52. The van der Waals surface area contributed by atoms with Crippen LogP contribution in [0.15, 0.2) is 36.4 Å². The lowest BCUT2D eigenvalue weighted by Gasteiger charge is -2.22. The van der Waals surface area contributed by atoms with E-state index in [9.17, 15) is 4.79 Å². The lowest BCUT2D eigenvalue weighted by atomic mass is 10.2. The Balaban J connectivity index is 2.18. The number of nitrogens with zero attached hydrogens (tertiary/aromatic N) is 1. The molecule has 5 heteroatoms. The number of carbonyl (C=O) groups is 1. The smallest absolute Gasteiger partial charge is 0.323 e. The lowest BCUT2D eigenvalue weighted by Crippen LogP contribution is -2.28. The molecule has 1 heterocycles. The normalized spacial score (nSPS) is 10.5. The van der Waals surface area contributed by atoms with Crippen molar-refractivity contribution >= 4 is 34.6 Å². The molecule has 0 aliphatic carbocycles. The van der Waals surface area contributed by atoms with Crippen molar-refractivity contribution in [1.29, 1.82) is 0 Å². The third-order valence-corrected chi connectivity index (χ3v) is 4.40. The summed E-state index contributed by atoms with van der Waals surface area (Å²) in [6.07, 6.45) is 1.00. The Labute approximate surface area is 127 Å². The molecular formula is C15H16ClNO2S. The minimum atomic E-state index is -0.841. The van der Waals surface area contributed by atoms with E-state index in [1.807, 2.05) is 17.0 Å². The lowest BCUT2D eigenvalue weighted by molar-refractivity contribution is -0.135. The molecule has 2 aromatic rings. The first-order chi connectivity index (χ1) is 9.58. The highest BCUT2D eigenvalue weighted by atomic mass is 35.5. The van der Waals surface area contributed by atoms with Crippen LogP contribution >= 0.6 is 22.9 Å². The van der Waals surface area contributed by atoms with Gasteiger partial charge in [0.15, 0.2) is 0 Å². The Morgan fingerprint density at radius 3 is 2.40 bits per heavy atom. The number of benzene rings is 1. The molecule has 0 amide bonds. The van der Waals surface area contributed by atoms with Crippen LogP contribution in [-0.4, -0.2) is 17.6 Å². The number of carboxylic acid groups (broad SMARTS) is 1. The van der Waals surface area contributed by atoms with E-state index in [4.69, 9.17) is 16.7 Å². The maximum atomic E-state index is 11.0. The van der Waals surface area contributed by atoms with Crippen LogP contribution in [0.5, 0.6) is 0 Å². The van der Waals surface area contributed by atoms with Crippen LogP contribution in [0.3, 0.4) is 0 Å². The molecule has 3 nitrogen and oxygen atoms in total. The van der Waals surface area contributed by atoms with Crippen LogP contribution < -0.4 is 4.90 Å². The largest absolute Gasteiger partial charge is 0.480 e. The fourth-order valence-electron chi connectivity index (χ4n) is 1.94. The second-order valence-electron chi connectivity index (χ2n) is 4.45. The van der Waals surface area contributed by atoms with Crippen LogP contribution in [0, 0.1) is 0 Å². The number of aryl methyl sites for hydroxylation is 1. The van der Waals surface area contributed by atoms with Gasteiger partial charge in [-0.3, -0.25) is 4.79 Å². The van der Waals surface area contributed by atoms with Gasteiger partial charge in [-0.25, -0.2) is 0 Å². The van der Waals surface area contributed by atoms with Gasteiger partial charge in [-0.05, 0) is 42.8 Å². The maximum absolute atomic E-state index is 11.0. The van der Waals surface area contributed by atoms with E-state index in [1.54, 1.807) is 23.5 Å². The monoisotopic (exact) mass is 309 g/mol. The topological polar surface area (TPSA) is 40.5 Å². The van der Waals surface area contributed by atoms with E-state index in [2.05, 4.69) is 19.1 Å². The molecule has 0 atom stereocenters. The molecule has 0 bridgehead atoms. The zero-order valence-corrected chi connectivity index (χ0v) is 12.7. The fourth-order valence-corrected chi connectivity index (χ4v) is 3.04. The predicted octanol–water partition coefficient (Wildman–Crippen LogP) is 4.06. The zero-order valence-electron chi connectivity index (χ0n) is 11.2. The van der Waals surface area contributed by atoms with Gasteiger partial charge in [0, 0.05) is 20.5 Å². The molecule has 0 saturated heterocycles. The highest BCUT2D eigenvalue weighted by Crippen LogP contribution is 2.23. The summed E-state index contributed by atoms with van der Waals surface area (Å²) in [4.78, 5) is 15.4. The molecule has 20 heavy (non-hydrogen) atoms. The van der Waals surface area contributed by atoms with E-state index < -0.39 is 5.97 Å². The average molecular weight is 310 g/mol. The Bertz CT molecular complexity index is 580. The fraction of sp³-hybridized carbons (Fsp3) is 0.267. The molecule has 0 fully saturated rings.